The van der Waals surface area contributed by atoms with E-state index in [2.05, 4.69) is 8.51 Å². The van der Waals surface area contributed by atoms with E-state index in [0.717, 1.165) is 0 Å². The van der Waals surface area contributed by atoms with E-state index < -0.39 is 11.6 Å². The van der Waals surface area contributed by atoms with E-state index in [-0.39, 0.29) is 5.82 Å². The van der Waals surface area contributed by atoms with Crippen molar-refractivity contribution in [2.45, 2.75) is 6.92 Å². The fourth-order valence-electron chi connectivity index (χ4n) is 0.639. The summed E-state index contributed by atoms with van der Waals surface area (Å²) >= 11 is 1.77. The second kappa shape index (κ2) is 3.21. The Bertz CT molecular complexity index is 280. The van der Waals surface area contributed by atoms with Crippen LogP contribution in [0.1, 0.15) is 5.56 Å². The molecule has 0 amide bonds. The Labute approximate surface area is 77.1 Å². The molecule has 0 spiro atoms. The largest absolute Gasteiger partial charge is 0.502 e. The molecule has 0 fully saturated rings. The molecule has 0 radical (unpaired) electrons. The molecule has 5 heteroatoms. The normalized spacial score (nSPS) is 9.73. The summed E-state index contributed by atoms with van der Waals surface area (Å²) < 4.78 is 15.4. The summed E-state index contributed by atoms with van der Waals surface area (Å²) in [6, 6.07) is 0. The Morgan fingerprint density at radius 1 is 1.73 bits per heavy atom. The lowest BCUT2D eigenvalue weighted by atomic mass is 10.3. The summed E-state index contributed by atoms with van der Waals surface area (Å²) in [6.45, 7) is 1.54. The molecule has 0 saturated carbocycles. The lowest BCUT2D eigenvalue weighted by molar-refractivity contribution is 0.430. The van der Waals surface area contributed by atoms with Crippen LogP contribution in [0.15, 0.2) is 6.20 Å². The summed E-state index contributed by atoms with van der Waals surface area (Å²) in [5, 5.41) is 9.07. The first-order valence-electron chi connectivity index (χ1n) is 2.87. The maximum atomic E-state index is 12.8. The topological polar surface area (TPSA) is 45.2 Å². The smallest absolute Gasteiger partial charge is 0.195 e. The number of hydrogen-bond donors (Lipinski definition) is 2. The van der Waals surface area contributed by atoms with Gasteiger partial charge < -0.3 is 8.64 Å². The quantitative estimate of drug-likeness (QED) is 0.604. The molecule has 0 aliphatic carbocycles. The van der Waals surface area contributed by atoms with Crippen molar-refractivity contribution in [1.29, 1.82) is 0 Å². The van der Waals surface area contributed by atoms with Crippen molar-refractivity contribution in [2.24, 2.45) is 0 Å². The van der Waals surface area contributed by atoms with Crippen LogP contribution in [0.2, 0.25) is 0 Å². The van der Waals surface area contributed by atoms with Gasteiger partial charge in [0.2, 0.25) is 0 Å². The lowest BCUT2D eigenvalue weighted by Gasteiger charge is -2.02. The third kappa shape index (κ3) is 1.52. The van der Waals surface area contributed by atoms with Gasteiger partial charge in [0, 0.05) is 11.8 Å². The number of hydrogen-bond acceptors (Lipinski definition) is 3. The molecule has 1 aromatic rings. The molecule has 0 unspecified atom stereocenters. The number of aryl methyl sites for hydroxylation is 1. The molecule has 0 atom stereocenters. The number of aromatic hydroxyl groups is 1. The van der Waals surface area contributed by atoms with Gasteiger partial charge in [0.15, 0.2) is 17.4 Å². The summed E-state index contributed by atoms with van der Waals surface area (Å²) in [6.07, 6.45) is 1.36. The van der Waals surface area contributed by atoms with Crippen molar-refractivity contribution in [2.75, 3.05) is 3.53 Å². The second-order valence-electron chi connectivity index (χ2n) is 2.05. The first kappa shape index (κ1) is 8.51. The molecule has 1 aromatic heterocycles. The molecular weight excluding hydrogens is 262 g/mol. The SMILES string of the molecule is Cc1cnc(NI)c(O)c1F. The molecule has 3 nitrogen and oxygen atoms in total. The highest BCUT2D eigenvalue weighted by Crippen LogP contribution is 2.26. The molecule has 1 heterocycles. The predicted molar refractivity (Wildman–Crippen MR) is 48.2 cm³/mol. The van der Waals surface area contributed by atoms with Crippen LogP contribution in [-0.2, 0) is 0 Å². The van der Waals surface area contributed by atoms with E-state index in [9.17, 15) is 4.39 Å². The van der Waals surface area contributed by atoms with Crippen LogP contribution in [0.5, 0.6) is 5.75 Å². The summed E-state index contributed by atoms with van der Waals surface area (Å²) in [4.78, 5) is 3.75. The number of pyridine rings is 1. The predicted octanol–water partition coefficient (Wildman–Crippen LogP) is 2.00. The highest BCUT2D eigenvalue weighted by atomic mass is 127. The molecule has 0 aliphatic rings. The highest BCUT2D eigenvalue weighted by Gasteiger charge is 2.09. The van der Waals surface area contributed by atoms with Crippen LogP contribution in [-0.4, -0.2) is 10.1 Å². The van der Waals surface area contributed by atoms with Crippen molar-refractivity contribution in [1.82, 2.24) is 4.98 Å². The minimum Gasteiger partial charge on any atom is -0.502 e. The molecule has 0 aliphatic heterocycles. The van der Waals surface area contributed by atoms with E-state index in [1.54, 1.807) is 29.8 Å². The molecule has 0 aromatic carbocycles. The van der Waals surface area contributed by atoms with Crippen LogP contribution in [0.3, 0.4) is 0 Å². The van der Waals surface area contributed by atoms with E-state index in [4.69, 9.17) is 5.11 Å². The van der Waals surface area contributed by atoms with Crippen LogP contribution in [0.25, 0.3) is 0 Å². The summed E-state index contributed by atoms with van der Waals surface area (Å²) in [7, 11) is 0. The molecule has 0 saturated heterocycles. The van der Waals surface area contributed by atoms with Gasteiger partial charge in [0.05, 0.1) is 22.9 Å². The van der Waals surface area contributed by atoms with Gasteiger partial charge in [0.1, 0.15) is 0 Å². The van der Waals surface area contributed by atoms with Gasteiger partial charge in [-0.2, -0.15) is 0 Å². The van der Waals surface area contributed by atoms with Crippen LogP contribution in [0.4, 0.5) is 10.2 Å². The minimum atomic E-state index is -0.626. The van der Waals surface area contributed by atoms with E-state index >= 15 is 0 Å². The number of halogens is 2. The van der Waals surface area contributed by atoms with Gasteiger partial charge in [-0.05, 0) is 6.92 Å². The van der Waals surface area contributed by atoms with Gasteiger partial charge in [-0.3, -0.25) is 0 Å². The van der Waals surface area contributed by atoms with E-state index in [1.165, 1.54) is 6.20 Å². The Morgan fingerprint density at radius 3 is 2.91 bits per heavy atom. The standard InChI is InChI=1S/C6H6FIN2O/c1-3-2-9-6(10-8)5(11)4(3)7/h2,11H,1H3,(H,9,10). The first-order valence-corrected chi connectivity index (χ1v) is 3.95. The average molecular weight is 268 g/mol. The lowest BCUT2D eigenvalue weighted by Crippen LogP contribution is -1.91. The van der Waals surface area contributed by atoms with E-state index in [1.807, 2.05) is 0 Å². The van der Waals surface area contributed by atoms with Gasteiger partial charge >= 0.3 is 0 Å². The molecule has 60 valence electrons. The van der Waals surface area contributed by atoms with Gasteiger partial charge in [-0.1, -0.05) is 0 Å². The molecular formula is C6H6FIN2O. The van der Waals surface area contributed by atoms with Crippen molar-refractivity contribution in [3.05, 3.63) is 17.6 Å². The van der Waals surface area contributed by atoms with Gasteiger partial charge in [-0.15, -0.1) is 0 Å². The maximum Gasteiger partial charge on any atom is 0.195 e. The minimum absolute atomic E-state index is 0.147. The number of anilines is 1. The fraction of sp³-hybridized carbons (Fsp3) is 0.167. The fourth-order valence-corrected chi connectivity index (χ4v) is 1.03. The molecule has 0 bridgehead atoms. The monoisotopic (exact) mass is 268 g/mol. The third-order valence-electron chi connectivity index (χ3n) is 1.26. The number of nitrogens with one attached hydrogen (secondary N) is 1. The zero-order chi connectivity index (χ0) is 8.43. The molecule has 2 N–H and O–H groups in total. The number of aromatic nitrogens is 1. The third-order valence-corrected chi connectivity index (χ3v) is 1.77. The van der Waals surface area contributed by atoms with Gasteiger partial charge in [-0.25, -0.2) is 9.37 Å². The van der Waals surface area contributed by atoms with Crippen LogP contribution < -0.4 is 3.53 Å². The number of rotatable bonds is 1. The van der Waals surface area contributed by atoms with E-state index in [0.29, 0.717) is 5.56 Å². The highest BCUT2D eigenvalue weighted by molar-refractivity contribution is 14.1. The Hall–Kier alpha value is -0.590. The van der Waals surface area contributed by atoms with Crippen molar-refractivity contribution in [3.63, 3.8) is 0 Å². The molecule has 11 heavy (non-hydrogen) atoms. The van der Waals surface area contributed by atoms with Crippen LogP contribution in [0, 0.1) is 12.7 Å². The van der Waals surface area contributed by atoms with Crippen molar-refractivity contribution in [3.8, 4) is 5.75 Å². The van der Waals surface area contributed by atoms with Crippen molar-refractivity contribution >= 4 is 28.7 Å². The Balaban J connectivity index is 3.25. The van der Waals surface area contributed by atoms with Crippen LogP contribution >= 0.6 is 22.9 Å². The summed E-state index contributed by atoms with van der Waals surface area (Å²) in [5.41, 5.74) is 0.331. The summed E-state index contributed by atoms with van der Waals surface area (Å²) in [5.74, 6) is -0.910. The zero-order valence-electron chi connectivity index (χ0n) is 5.73. The first-order chi connectivity index (χ1) is 5.16. The Morgan fingerprint density at radius 2 is 2.36 bits per heavy atom. The molecule has 1 rings (SSSR count). The second-order valence-corrected chi connectivity index (χ2v) is 2.59. The van der Waals surface area contributed by atoms with Crippen molar-refractivity contribution < 1.29 is 9.50 Å². The number of nitrogens with zero attached hydrogens (tertiary/aromatic N) is 1. The zero-order valence-corrected chi connectivity index (χ0v) is 7.89. The maximum absolute atomic E-state index is 12.8. The average Bonchev–Trinajstić information content (AvgIpc) is 2.01. The Kier molecular flexibility index (Phi) is 2.48. The van der Waals surface area contributed by atoms with Gasteiger partial charge in [0.25, 0.3) is 0 Å².